The molecule has 5 nitrogen and oxygen atoms in total. The van der Waals surface area contributed by atoms with Crippen LogP contribution in [0.2, 0.25) is 0 Å². The van der Waals surface area contributed by atoms with Crippen LogP contribution in [0, 0.1) is 11.7 Å². The van der Waals surface area contributed by atoms with Crippen LogP contribution in [0.1, 0.15) is 23.3 Å². The molecule has 104 valence electrons. The number of hydrogen-bond acceptors (Lipinski definition) is 3. The van der Waals surface area contributed by atoms with Crippen molar-refractivity contribution >= 4 is 5.97 Å². The predicted molar refractivity (Wildman–Crippen MR) is 69.2 cm³/mol. The van der Waals surface area contributed by atoms with Gasteiger partial charge in [0.1, 0.15) is 5.69 Å². The summed E-state index contributed by atoms with van der Waals surface area (Å²) in [6, 6.07) is 5.86. The van der Waals surface area contributed by atoms with Gasteiger partial charge in [-0.15, -0.1) is 0 Å². The number of hydrogen-bond donors (Lipinski definition) is 2. The number of carbonyl (C=O) groups is 1. The second kappa shape index (κ2) is 4.96. The average Bonchev–Trinajstić information content (AvgIpc) is 3.11. The second-order valence-corrected chi connectivity index (χ2v) is 4.87. The topological polar surface area (TPSA) is 75.2 Å². The van der Waals surface area contributed by atoms with Crippen molar-refractivity contribution in [3.8, 4) is 17.0 Å². The zero-order valence-corrected chi connectivity index (χ0v) is 10.6. The Kier molecular flexibility index (Phi) is 3.14. The number of aromatic carboxylic acids is 1. The summed E-state index contributed by atoms with van der Waals surface area (Å²) >= 11 is 0. The van der Waals surface area contributed by atoms with E-state index in [0.717, 1.165) is 12.8 Å². The van der Waals surface area contributed by atoms with Gasteiger partial charge in [0.15, 0.2) is 11.6 Å². The van der Waals surface area contributed by atoms with Gasteiger partial charge in [-0.3, -0.25) is 5.10 Å². The molecule has 0 bridgehead atoms. The van der Waals surface area contributed by atoms with Gasteiger partial charge in [-0.05, 0) is 43.0 Å². The van der Waals surface area contributed by atoms with E-state index in [9.17, 15) is 9.18 Å². The van der Waals surface area contributed by atoms with Crippen molar-refractivity contribution in [3.63, 3.8) is 0 Å². The molecule has 2 aromatic rings. The standard InChI is InChI=1S/C14H13FN2O3/c15-10-5-9(11-6-12(14(18)19)17-16-11)3-4-13(10)20-7-8-1-2-8/h3-6,8H,1-2,7H2,(H,16,17)(H,18,19). The van der Waals surface area contributed by atoms with Crippen molar-refractivity contribution in [2.75, 3.05) is 6.61 Å². The molecule has 0 atom stereocenters. The maximum absolute atomic E-state index is 13.9. The number of halogens is 1. The van der Waals surface area contributed by atoms with Crippen LogP contribution in [-0.2, 0) is 0 Å². The largest absolute Gasteiger partial charge is 0.490 e. The van der Waals surface area contributed by atoms with Gasteiger partial charge < -0.3 is 9.84 Å². The first-order valence-corrected chi connectivity index (χ1v) is 6.35. The van der Waals surface area contributed by atoms with Crippen LogP contribution in [0.25, 0.3) is 11.3 Å². The summed E-state index contributed by atoms with van der Waals surface area (Å²) in [6.45, 7) is 0.543. The molecule has 1 aliphatic rings. The second-order valence-electron chi connectivity index (χ2n) is 4.87. The van der Waals surface area contributed by atoms with Crippen LogP contribution >= 0.6 is 0 Å². The Bertz CT molecular complexity index is 650. The van der Waals surface area contributed by atoms with Crippen molar-refractivity contribution < 1.29 is 19.0 Å². The van der Waals surface area contributed by atoms with Crippen LogP contribution in [0.3, 0.4) is 0 Å². The highest BCUT2D eigenvalue weighted by atomic mass is 19.1. The predicted octanol–water partition coefficient (Wildman–Crippen LogP) is 2.70. The van der Waals surface area contributed by atoms with Crippen LogP contribution in [-0.4, -0.2) is 27.9 Å². The lowest BCUT2D eigenvalue weighted by molar-refractivity contribution is 0.0690. The highest BCUT2D eigenvalue weighted by molar-refractivity contribution is 5.86. The van der Waals surface area contributed by atoms with Crippen molar-refractivity contribution in [2.24, 2.45) is 5.92 Å². The number of carboxylic acid groups (broad SMARTS) is 1. The van der Waals surface area contributed by atoms with E-state index in [4.69, 9.17) is 9.84 Å². The molecule has 0 aliphatic heterocycles. The number of carboxylic acids is 1. The highest BCUT2D eigenvalue weighted by Crippen LogP contribution is 2.31. The summed E-state index contributed by atoms with van der Waals surface area (Å²) in [5.41, 5.74) is 0.856. The van der Waals surface area contributed by atoms with Gasteiger partial charge in [0.25, 0.3) is 0 Å². The molecule has 1 aliphatic carbocycles. The van der Waals surface area contributed by atoms with E-state index >= 15 is 0 Å². The van der Waals surface area contributed by atoms with Gasteiger partial charge in [0.2, 0.25) is 0 Å². The Labute approximate surface area is 114 Å². The smallest absolute Gasteiger partial charge is 0.353 e. The quantitative estimate of drug-likeness (QED) is 0.880. The first-order valence-electron chi connectivity index (χ1n) is 6.35. The number of nitrogens with zero attached hydrogens (tertiary/aromatic N) is 1. The normalized spacial score (nSPS) is 14.2. The average molecular weight is 276 g/mol. The SMILES string of the molecule is O=C(O)c1cc(-c2ccc(OCC3CC3)c(F)c2)n[nH]1. The van der Waals surface area contributed by atoms with E-state index < -0.39 is 11.8 Å². The third-order valence-electron chi connectivity index (χ3n) is 3.21. The lowest BCUT2D eigenvalue weighted by Gasteiger charge is -2.07. The van der Waals surface area contributed by atoms with Gasteiger partial charge in [0, 0.05) is 5.56 Å². The highest BCUT2D eigenvalue weighted by Gasteiger charge is 2.22. The molecule has 0 unspecified atom stereocenters. The Morgan fingerprint density at radius 3 is 2.85 bits per heavy atom. The van der Waals surface area contributed by atoms with Gasteiger partial charge in [-0.2, -0.15) is 5.10 Å². The van der Waals surface area contributed by atoms with E-state index in [0.29, 0.717) is 23.8 Å². The molecule has 0 spiro atoms. The Balaban J connectivity index is 1.79. The third-order valence-corrected chi connectivity index (χ3v) is 3.21. The minimum atomic E-state index is -1.10. The van der Waals surface area contributed by atoms with Crippen molar-refractivity contribution in [1.82, 2.24) is 10.2 Å². The monoisotopic (exact) mass is 276 g/mol. The number of aromatic amines is 1. The first-order chi connectivity index (χ1) is 9.63. The lowest BCUT2D eigenvalue weighted by atomic mass is 10.1. The number of nitrogens with one attached hydrogen (secondary N) is 1. The van der Waals surface area contributed by atoms with Crippen LogP contribution in [0.15, 0.2) is 24.3 Å². The molecule has 1 saturated carbocycles. The summed E-state index contributed by atoms with van der Waals surface area (Å²) in [4.78, 5) is 10.8. The Morgan fingerprint density at radius 2 is 2.25 bits per heavy atom. The molecule has 2 N–H and O–H groups in total. The number of benzene rings is 1. The molecule has 0 radical (unpaired) electrons. The van der Waals surface area contributed by atoms with E-state index in [1.807, 2.05) is 0 Å². The zero-order valence-electron chi connectivity index (χ0n) is 10.6. The molecular formula is C14H13FN2O3. The molecule has 0 saturated heterocycles. The van der Waals surface area contributed by atoms with Gasteiger partial charge in [-0.1, -0.05) is 0 Å². The fraction of sp³-hybridized carbons (Fsp3) is 0.286. The fourth-order valence-corrected chi connectivity index (χ4v) is 1.85. The first kappa shape index (κ1) is 12.7. The number of H-pyrrole nitrogens is 1. The van der Waals surface area contributed by atoms with Crippen LogP contribution in [0.4, 0.5) is 4.39 Å². The maximum atomic E-state index is 13.9. The molecular weight excluding hydrogens is 263 g/mol. The maximum Gasteiger partial charge on any atom is 0.353 e. The molecule has 1 aromatic heterocycles. The molecule has 3 rings (SSSR count). The van der Waals surface area contributed by atoms with E-state index in [2.05, 4.69) is 10.2 Å². The molecule has 1 fully saturated rings. The van der Waals surface area contributed by atoms with Crippen LogP contribution < -0.4 is 4.74 Å². The Morgan fingerprint density at radius 1 is 1.45 bits per heavy atom. The van der Waals surface area contributed by atoms with Crippen molar-refractivity contribution in [1.29, 1.82) is 0 Å². The minimum absolute atomic E-state index is 0.0329. The van der Waals surface area contributed by atoms with Gasteiger partial charge in [0.05, 0.1) is 12.3 Å². The molecule has 0 amide bonds. The Hall–Kier alpha value is -2.37. The summed E-state index contributed by atoms with van der Waals surface area (Å²) in [5, 5.41) is 15.0. The number of ether oxygens (including phenoxy) is 1. The summed E-state index contributed by atoms with van der Waals surface area (Å²) < 4.78 is 19.3. The van der Waals surface area contributed by atoms with E-state index in [-0.39, 0.29) is 11.4 Å². The van der Waals surface area contributed by atoms with Crippen molar-refractivity contribution in [3.05, 3.63) is 35.8 Å². The molecule has 1 heterocycles. The van der Waals surface area contributed by atoms with Crippen LogP contribution in [0.5, 0.6) is 5.75 Å². The molecule has 6 heteroatoms. The summed E-state index contributed by atoms with van der Waals surface area (Å²) in [5.74, 6) is -0.801. The third kappa shape index (κ3) is 2.64. The lowest BCUT2D eigenvalue weighted by Crippen LogP contribution is -2.00. The molecule has 1 aromatic carbocycles. The van der Waals surface area contributed by atoms with E-state index in [1.54, 1.807) is 12.1 Å². The number of rotatable bonds is 5. The number of aromatic nitrogens is 2. The minimum Gasteiger partial charge on any atom is -0.490 e. The molecule has 20 heavy (non-hydrogen) atoms. The van der Waals surface area contributed by atoms with E-state index in [1.165, 1.54) is 12.1 Å². The van der Waals surface area contributed by atoms with Crippen molar-refractivity contribution in [2.45, 2.75) is 12.8 Å². The fourth-order valence-electron chi connectivity index (χ4n) is 1.85. The summed E-state index contributed by atoms with van der Waals surface area (Å²) in [6.07, 6.45) is 2.29. The van der Waals surface area contributed by atoms with Gasteiger partial charge in [-0.25, -0.2) is 9.18 Å². The van der Waals surface area contributed by atoms with Gasteiger partial charge >= 0.3 is 5.97 Å². The summed E-state index contributed by atoms with van der Waals surface area (Å²) in [7, 11) is 0. The zero-order chi connectivity index (χ0) is 14.1.